The van der Waals surface area contributed by atoms with Crippen LogP contribution in [0.5, 0.6) is 0 Å². The van der Waals surface area contributed by atoms with Crippen LogP contribution in [0.4, 0.5) is 0 Å². The molecule has 0 aliphatic heterocycles. The van der Waals surface area contributed by atoms with Gasteiger partial charge >= 0.3 is 5.97 Å². The van der Waals surface area contributed by atoms with Crippen molar-refractivity contribution < 1.29 is 46.9 Å². The van der Waals surface area contributed by atoms with Crippen molar-refractivity contribution in [1.29, 1.82) is 0 Å². The summed E-state index contributed by atoms with van der Waals surface area (Å²) >= 11 is 0. The molecule has 0 aliphatic carbocycles. The van der Waals surface area contributed by atoms with E-state index in [1.165, 1.54) is 32.1 Å². The molecule has 0 saturated heterocycles. The second-order valence-electron chi connectivity index (χ2n) is 7.62. The average molecular weight is 478 g/mol. The molecular formula is C25H49O5Ti-. The van der Waals surface area contributed by atoms with Gasteiger partial charge in [0.1, 0.15) is 0 Å². The molecule has 184 valence electrons. The Morgan fingerprint density at radius 2 is 1.03 bits per heavy atom. The van der Waals surface area contributed by atoms with Gasteiger partial charge in [0, 0.05) is 46.5 Å². The second kappa shape index (κ2) is 36.6. The summed E-state index contributed by atoms with van der Waals surface area (Å²) in [7, 11) is 0. The Morgan fingerprint density at radius 1 is 0.710 bits per heavy atom. The number of aliphatic hydroxyl groups excluding tert-OH is 3. The monoisotopic (exact) mass is 477 g/mol. The summed E-state index contributed by atoms with van der Waals surface area (Å²) in [6.45, 7) is 12.5. The Labute approximate surface area is 207 Å². The molecule has 0 saturated carbocycles. The zero-order valence-electron chi connectivity index (χ0n) is 21.0. The van der Waals surface area contributed by atoms with Gasteiger partial charge in [-0.15, -0.1) is 0 Å². The maximum Gasteiger partial charge on any atom is 0.303 e. The molecule has 6 heteroatoms. The van der Waals surface area contributed by atoms with E-state index >= 15 is 0 Å². The summed E-state index contributed by atoms with van der Waals surface area (Å²) in [6, 6.07) is 12.5. The maximum absolute atomic E-state index is 10.1. The predicted octanol–water partition coefficient (Wildman–Crippen LogP) is 5.86. The number of hydrogen-bond donors (Lipinski definition) is 4. The molecule has 4 N–H and O–H groups in total. The van der Waals surface area contributed by atoms with Crippen LogP contribution < -0.4 is 0 Å². The van der Waals surface area contributed by atoms with Gasteiger partial charge in [-0.3, -0.25) is 4.79 Å². The number of carboxylic acids is 1. The maximum atomic E-state index is 10.1. The van der Waals surface area contributed by atoms with Gasteiger partial charge < -0.3 is 20.4 Å². The van der Waals surface area contributed by atoms with Crippen LogP contribution in [-0.4, -0.2) is 44.7 Å². The third-order valence-electron chi connectivity index (χ3n) is 2.60. The molecule has 0 radical (unpaired) electrons. The molecule has 0 amide bonds. The Balaban J connectivity index is -0.0000000999. The van der Waals surface area contributed by atoms with Gasteiger partial charge in [-0.05, 0) is 48.0 Å². The third kappa shape index (κ3) is 107. The minimum atomic E-state index is -0.663. The third-order valence-corrected chi connectivity index (χ3v) is 2.60. The van der Waals surface area contributed by atoms with Crippen LogP contribution in [0, 0.1) is 6.07 Å². The second-order valence-corrected chi connectivity index (χ2v) is 7.62. The van der Waals surface area contributed by atoms with Crippen LogP contribution in [0.2, 0.25) is 0 Å². The number of carbonyl (C=O) groups is 1. The number of carboxylic acid groups (broad SMARTS) is 1. The number of rotatable bonds is 8. The quantitative estimate of drug-likeness (QED) is 0.214. The van der Waals surface area contributed by atoms with Gasteiger partial charge in [-0.2, -0.15) is 36.4 Å². The summed E-state index contributed by atoms with van der Waals surface area (Å²) in [5, 5.41) is 32.5. The molecule has 0 atom stereocenters. The molecule has 0 aliphatic rings. The van der Waals surface area contributed by atoms with Crippen LogP contribution in [0.15, 0.2) is 30.3 Å². The first kappa shape index (κ1) is 40.6. The van der Waals surface area contributed by atoms with Crippen molar-refractivity contribution in [3.8, 4) is 0 Å². The Kier molecular flexibility index (Phi) is 48.0. The molecule has 0 heterocycles. The molecule has 0 aromatic heterocycles. The standard InChI is InChI=1S/C10H20O2.C6H5.3C3H8O.Ti/c1-2-3-4-5-6-7-8-9-10(11)12;1-2-4-6-5-3-1;3*1-3(2)4;/h2-9H2,1H3,(H,11,12);1-5H;3*3-4H,1-2H3;/q;-1;;;;. The first-order chi connectivity index (χ1) is 14.0. The van der Waals surface area contributed by atoms with E-state index in [0.29, 0.717) is 6.42 Å². The van der Waals surface area contributed by atoms with E-state index in [4.69, 9.17) is 20.4 Å². The topological polar surface area (TPSA) is 98.0 Å². The number of aliphatic hydroxyl groups is 3. The minimum Gasteiger partial charge on any atom is -0.481 e. The van der Waals surface area contributed by atoms with Crippen LogP contribution in [0.3, 0.4) is 0 Å². The van der Waals surface area contributed by atoms with Crippen LogP contribution >= 0.6 is 0 Å². The van der Waals surface area contributed by atoms with Crippen LogP contribution in [0.25, 0.3) is 0 Å². The van der Waals surface area contributed by atoms with E-state index < -0.39 is 5.97 Å². The molecule has 31 heavy (non-hydrogen) atoms. The molecule has 5 nitrogen and oxygen atoms in total. The Hall–Kier alpha value is -0.716. The van der Waals surface area contributed by atoms with Crippen molar-refractivity contribution in [3.05, 3.63) is 36.4 Å². The molecule has 0 spiro atoms. The average Bonchev–Trinajstić information content (AvgIpc) is 2.61. The van der Waals surface area contributed by atoms with Crippen molar-refractivity contribution in [3.63, 3.8) is 0 Å². The first-order valence-electron chi connectivity index (χ1n) is 11.1. The van der Waals surface area contributed by atoms with E-state index in [0.717, 1.165) is 12.8 Å². The smallest absolute Gasteiger partial charge is 0.303 e. The zero-order chi connectivity index (χ0) is 24.2. The molecule has 1 aromatic carbocycles. The van der Waals surface area contributed by atoms with Crippen molar-refractivity contribution >= 4 is 5.97 Å². The van der Waals surface area contributed by atoms with Crippen molar-refractivity contribution in [1.82, 2.24) is 0 Å². The van der Waals surface area contributed by atoms with E-state index in [2.05, 4.69) is 13.0 Å². The van der Waals surface area contributed by atoms with Gasteiger partial charge in [-0.1, -0.05) is 45.4 Å². The zero-order valence-corrected chi connectivity index (χ0v) is 22.5. The Morgan fingerprint density at radius 3 is 1.26 bits per heavy atom. The molecule has 1 aromatic rings. The van der Waals surface area contributed by atoms with Crippen molar-refractivity contribution in [2.75, 3.05) is 0 Å². The molecule has 0 bridgehead atoms. The first-order valence-corrected chi connectivity index (χ1v) is 11.1. The van der Waals surface area contributed by atoms with Gasteiger partial charge in [-0.25, -0.2) is 0 Å². The Bertz CT molecular complexity index is 349. The summed E-state index contributed by atoms with van der Waals surface area (Å²) in [5.74, 6) is -0.663. The molecule has 1 rings (SSSR count). The van der Waals surface area contributed by atoms with E-state index in [1.54, 1.807) is 41.5 Å². The van der Waals surface area contributed by atoms with Crippen LogP contribution in [-0.2, 0) is 26.5 Å². The fourth-order valence-corrected chi connectivity index (χ4v) is 1.58. The van der Waals surface area contributed by atoms with Gasteiger partial charge in [0.25, 0.3) is 0 Å². The summed E-state index contributed by atoms with van der Waals surface area (Å²) in [5.41, 5.74) is 0. The summed E-state index contributed by atoms with van der Waals surface area (Å²) in [6.07, 6.45) is 8.14. The van der Waals surface area contributed by atoms with Gasteiger partial charge in [0.15, 0.2) is 0 Å². The normalized spacial score (nSPS) is 8.94. The van der Waals surface area contributed by atoms with Crippen molar-refractivity contribution in [2.45, 2.75) is 118 Å². The fraction of sp³-hybridized carbons (Fsp3) is 0.720. The van der Waals surface area contributed by atoms with E-state index in [9.17, 15) is 4.79 Å². The SMILES string of the molecule is CC(C)O.CC(C)O.CC(C)O.CCCCCCCCCC(=O)O.[Ti].[c-]1ccccc1. The largest absolute Gasteiger partial charge is 0.481 e. The number of aliphatic carboxylic acids is 1. The number of hydrogen-bond acceptors (Lipinski definition) is 4. The molecule has 0 fully saturated rings. The summed E-state index contributed by atoms with van der Waals surface area (Å²) in [4.78, 5) is 10.1. The van der Waals surface area contributed by atoms with Crippen LogP contribution in [0.1, 0.15) is 99.8 Å². The molecular weight excluding hydrogens is 428 g/mol. The van der Waals surface area contributed by atoms with Crippen molar-refractivity contribution in [2.24, 2.45) is 0 Å². The predicted molar refractivity (Wildman–Crippen MR) is 128 cm³/mol. The minimum absolute atomic E-state index is 0. The van der Waals surface area contributed by atoms with E-state index in [-0.39, 0.29) is 40.0 Å². The number of benzene rings is 1. The van der Waals surface area contributed by atoms with Gasteiger partial charge in [0.2, 0.25) is 0 Å². The van der Waals surface area contributed by atoms with E-state index in [1.807, 2.05) is 30.3 Å². The molecule has 0 unspecified atom stereocenters. The number of unbranched alkanes of at least 4 members (excludes halogenated alkanes) is 6. The summed E-state index contributed by atoms with van der Waals surface area (Å²) < 4.78 is 0. The van der Waals surface area contributed by atoms with Gasteiger partial charge in [0.05, 0.1) is 0 Å². The fourth-order valence-electron chi connectivity index (χ4n) is 1.58.